The van der Waals surface area contributed by atoms with Gasteiger partial charge in [-0.3, -0.25) is 9.59 Å². The predicted molar refractivity (Wildman–Crippen MR) is 266 cm³/mol. The summed E-state index contributed by atoms with van der Waals surface area (Å²) in [6.45, 7) is 7.23. The molecule has 0 rings (SSSR count). The number of carbonyl (C=O) groups excluding carboxylic acids is 2. The molecule has 0 aliphatic carbocycles. The number of azide groups is 1. The summed E-state index contributed by atoms with van der Waals surface area (Å²) in [5.74, 6) is -1.05. The van der Waals surface area contributed by atoms with Crippen molar-refractivity contribution in [1.29, 1.82) is 0 Å². The molecule has 0 radical (unpaired) electrons. The van der Waals surface area contributed by atoms with E-state index in [0.29, 0.717) is 25.5 Å². The van der Waals surface area contributed by atoms with Crippen molar-refractivity contribution in [2.24, 2.45) is 5.11 Å². The number of hydrogen-bond acceptors (Lipinski definition) is 7. The molecule has 0 saturated carbocycles. The van der Waals surface area contributed by atoms with E-state index in [4.69, 9.17) is 15.4 Å². The number of unbranched alkanes of at least 4 members (excludes halogenated alkanes) is 20. The zero-order valence-corrected chi connectivity index (χ0v) is 41.7. The lowest BCUT2D eigenvalue weighted by molar-refractivity contribution is -0.137. The molecule has 64 heavy (non-hydrogen) atoms. The van der Waals surface area contributed by atoms with E-state index < -0.39 is 5.97 Å². The number of nitrogens with zero attached hydrogens (tertiary/aromatic N) is 3. The van der Waals surface area contributed by atoms with Gasteiger partial charge in [0.05, 0.1) is 25.4 Å². The van der Waals surface area contributed by atoms with E-state index in [1.54, 1.807) is 0 Å². The number of carboxylic acids is 1. The van der Waals surface area contributed by atoms with Gasteiger partial charge in [-0.2, -0.15) is 0 Å². The molecule has 0 heterocycles. The van der Waals surface area contributed by atoms with Crippen LogP contribution in [0.15, 0.2) is 41.6 Å². The van der Waals surface area contributed by atoms with E-state index in [-0.39, 0.29) is 24.2 Å². The van der Waals surface area contributed by atoms with Crippen LogP contribution in [0.25, 0.3) is 10.4 Å². The second kappa shape index (κ2) is 56.0. The van der Waals surface area contributed by atoms with Gasteiger partial charge in [-0.05, 0) is 107 Å². The smallest absolute Gasteiger partial charge is 0.406 e. The van der Waals surface area contributed by atoms with Gasteiger partial charge in [-0.25, -0.2) is 4.79 Å². The van der Waals surface area contributed by atoms with E-state index in [9.17, 15) is 24.6 Å². The van der Waals surface area contributed by atoms with E-state index in [1.807, 2.05) is 7.11 Å². The molecule has 0 aromatic rings. The fraction of sp³-hybridized carbons (Fsp3) is 0.827. The number of nitrogens with one attached hydrogen (secondary N) is 1. The number of alkyl carbamates (subject to hydrolysis) is 1. The van der Waals surface area contributed by atoms with Crippen LogP contribution in [-0.2, 0) is 19.1 Å². The summed E-state index contributed by atoms with van der Waals surface area (Å²) < 4.78 is 10.1. The lowest BCUT2D eigenvalue weighted by atomic mass is 10.1. The molecule has 4 N–H and O–H groups in total. The van der Waals surface area contributed by atoms with Crippen LogP contribution in [0.2, 0.25) is 0 Å². The Kier molecular flexibility index (Phi) is 56.9. The molecule has 0 spiro atoms. The van der Waals surface area contributed by atoms with Crippen LogP contribution in [0, 0.1) is 0 Å². The Morgan fingerprint density at radius 1 is 0.562 bits per heavy atom. The van der Waals surface area contributed by atoms with Crippen LogP contribution in [0.3, 0.4) is 0 Å². The largest absolute Gasteiger partial charge is 0.481 e. The third kappa shape index (κ3) is 58.8. The van der Waals surface area contributed by atoms with E-state index >= 15 is 0 Å². The molecule has 374 valence electrons. The van der Waals surface area contributed by atoms with Crippen molar-refractivity contribution in [1.82, 2.24) is 5.32 Å². The minimum absolute atomic E-state index is 0.174. The second-order valence-corrected chi connectivity index (χ2v) is 17.0. The van der Waals surface area contributed by atoms with Gasteiger partial charge in [-0.15, -0.1) is 0 Å². The molecule has 0 aliphatic rings. The van der Waals surface area contributed by atoms with Crippen molar-refractivity contribution >= 4 is 18.0 Å². The Morgan fingerprint density at radius 2 is 1.00 bits per heavy atom. The summed E-state index contributed by atoms with van der Waals surface area (Å²) >= 11 is 0. The van der Waals surface area contributed by atoms with Crippen molar-refractivity contribution in [3.63, 3.8) is 0 Å². The summed E-state index contributed by atoms with van der Waals surface area (Å²) in [6, 6.07) is 0. The first-order valence-corrected chi connectivity index (χ1v) is 25.6. The van der Waals surface area contributed by atoms with Gasteiger partial charge in [0.1, 0.15) is 0 Å². The highest BCUT2D eigenvalue weighted by molar-refractivity contribution is 5.76. The first-order chi connectivity index (χ1) is 31.1. The maximum atomic E-state index is 10.9. The fourth-order valence-electron chi connectivity index (χ4n) is 6.77. The van der Waals surface area contributed by atoms with Crippen molar-refractivity contribution in [3.8, 4) is 0 Å². The number of hydrogen-bond donors (Lipinski definition) is 4. The highest BCUT2D eigenvalue weighted by atomic mass is 16.5. The Morgan fingerprint density at radius 3 is 1.45 bits per heavy atom. The normalized spacial score (nSPS) is 12.5. The van der Waals surface area contributed by atoms with Gasteiger partial charge in [-0.1, -0.05) is 166 Å². The summed E-state index contributed by atoms with van der Waals surface area (Å²) in [5, 5.41) is 33.5. The minimum Gasteiger partial charge on any atom is -0.481 e. The Hall–Kier alpha value is -3.18. The number of carboxylic acid groups (broad SMARTS) is 1. The fourth-order valence-corrected chi connectivity index (χ4v) is 6.77. The summed E-state index contributed by atoms with van der Waals surface area (Å²) in [4.78, 5) is 34.5. The average Bonchev–Trinajstić information content (AvgIpc) is 3.28. The Balaban J connectivity index is -0.000000878. The predicted octanol–water partition coefficient (Wildman–Crippen LogP) is 15.0. The summed E-state index contributed by atoms with van der Waals surface area (Å²) in [6.07, 6.45) is 48.4. The van der Waals surface area contributed by atoms with Crippen LogP contribution in [0.1, 0.15) is 239 Å². The van der Waals surface area contributed by atoms with Gasteiger partial charge < -0.3 is 30.1 Å². The number of aliphatic carboxylic acids is 1. The van der Waals surface area contributed by atoms with Crippen LogP contribution >= 0.6 is 0 Å². The zero-order chi connectivity index (χ0) is 48.0. The van der Waals surface area contributed by atoms with Gasteiger partial charge in [0, 0.05) is 31.4 Å². The number of carbonyl (C=O) groups is 3. The zero-order valence-electron chi connectivity index (χ0n) is 41.7. The SMILES string of the molecule is CCCCC(O)C/C=C\CCCCCCCC(=O)N=[N+]=[N-].CCCCC(O)C/C=C\CCCCCCCC(=O)O.CCCCCCC(C/C=C\CCCCCCCNC(=O)OC)OC. The molecule has 3 atom stereocenters. The first-order valence-electron chi connectivity index (χ1n) is 25.6. The first kappa shape index (κ1) is 65.1. The lowest BCUT2D eigenvalue weighted by Crippen LogP contribution is -2.23. The lowest BCUT2D eigenvalue weighted by Gasteiger charge is -2.12. The molecule has 2 amide bonds. The van der Waals surface area contributed by atoms with Crippen LogP contribution in [0.4, 0.5) is 4.79 Å². The number of rotatable bonds is 42. The molecule has 0 saturated heterocycles. The molecule has 0 aliphatic heterocycles. The standard InChI is InChI=1S/C20H39NO3.C16H29N3O2.C16H30O3/c1-4-5-6-13-16-19(23-2)17-14-11-9-7-8-10-12-15-18-21-20(22)24-3;1-2-3-12-15(20)13-10-8-6-4-5-7-9-11-14-16(21)18-19-17;1-2-3-12-15(17)13-10-8-6-4-5-7-9-11-14-16(18)19/h11,14,19H,4-10,12-13,15-18H2,1-3H3,(H,21,22);8,10,15,20H,2-7,9,11-14H2,1H3;8,10,15,17H,2-7,9,11-14H2,1H3,(H,18,19)/b14-11-;2*10-8-. The second-order valence-electron chi connectivity index (χ2n) is 17.0. The van der Waals surface area contributed by atoms with Crippen molar-refractivity contribution in [3.05, 3.63) is 46.9 Å². The molecule has 3 unspecified atom stereocenters. The molecule has 0 fully saturated rings. The summed E-state index contributed by atoms with van der Waals surface area (Å²) in [7, 11) is 3.22. The Labute approximate surface area is 391 Å². The number of methoxy groups -OCH3 is 2. The quantitative estimate of drug-likeness (QED) is 0.0153. The molecule has 12 heteroatoms. The number of aliphatic hydroxyl groups excluding tert-OH is 2. The maximum absolute atomic E-state index is 10.9. The minimum atomic E-state index is -0.690. The number of allylic oxidation sites excluding steroid dienone is 3. The number of ether oxygens (including phenoxy) is 2. The molecule has 0 aromatic heterocycles. The van der Waals surface area contributed by atoms with Crippen molar-refractivity contribution < 1.29 is 39.2 Å². The third-order valence-corrected chi connectivity index (χ3v) is 10.9. The van der Waals surface area contributed by atoms with Crippen molar-refractivity contribution in [2.45, 2.75) is 257 Å². The van der Waals surface area contributed by atoms with Gasteiger partial charge in [0.15, 0.2) is 0 Å². The Bertz CT molecular complexity index is 1160. The van der Waals surface area contributed by atoms with Crippen LogP contribution in [-0.4, -0.2) is 72.4 Å². The molecular formula is C52H98N4O8. The van der Waals surface area contributed by atoms with Gasteiger partial charge in [0.25, 0.3) is 0 Å². The highest BCUT2D eigenvalue weighted by Gasteiger charge is 2.05. The molecular weight excluding hydrogens is 809 g/mol. The number of aliphatic hydroxyl groups is 2. The molecule has 0 bridgehead atoms. The van der Waals surface area contributed by atoms with Gasteiger partial charge in [0.2, 0.25) is 5.91 Å². The summed E-state index contributed by atoms with van der Waals surface area (Å²) in [5.41, 5.74) is 8.07. The monoisotopic (exact) mass is 907 g/mol. The number of amides is 2. The van der Waals surface area contributed by atoms with E-state index in [1.165, 1.54) is 64.9 Å². The van der Waals surface area contributed by atoms with Crippen molar-refractivity contribution in [2.75, 3.05) is 20.8 Å². The molecule has 12 nitrogen and oxygen atoms in total. The molecule has 0 aromatic carbocycles. The topological polar surface area (TPSA) is 191 Å². The van der Waals surface area contributed by atoms with E-state index in [2.05, 4.69) is 77.3 Å². The van der Waals surface area contributed by atoms with E-state index in [0.717, 1.165) is 148 Å². The van der Waals surface area contributed by atoms with Gasteiger partial charge >= 0.3 is 12.1 Å². The maximum Gasteiger partial charge on any atom is 0.406 e. The van der Waals surface area contributed by atoms with Crippen LogP contribution < -0.4 is 5.32 Å². The highest BCUT2D eigenvalue weighted by Crippen LogP contribution is 2.14. The average molecular weight is 907 g/mol. The van der Waals surface area contributed by atoms with Crippen LogP contribution in [0.5, 0.6) is 0 Å². The third-order valence-electron chi connectivity index (χ3n) is 10.9.